The summed E-state index contributed by atoms with van der Waals surface area (Å²) in [4.78, 5) is 2.32. The molecule has 19 heavy (non-hydrogen) atoms. The number of likely N-dealkylation sites (N-methyl/N-ethyl adjacent to an activating group) is 1. The van der Waals surface area contributed by atoms with Crippen molar-refractivity contribution in [3.8, 4) is 5.75 Å². The van der Waals surface area contributed by atoms with E-state index in [4.69, 9.17) is 10.5 Å². The zero-order valence-electron chi connectivity index (χ0n) is 12.9. The second-order valence-corrected chi connectivity index (χ2v) is 5.50. The van der Waals surface area contributed by atoms with Gasteiger partial charge >= 0.3 is 0 Å². The first-order chi connectivity index (χ1) is 8.97. The topological polar surface area (TPSA) is 38.5 Å². The van der Waals surface area contributed by atoms with Crippen LogP contribution in [0.4, 0.5) is 0 Å². The van der Waals surface area contributed by atoms with Gasteiger partial charge in [-0.25, -0.2) is 0 Å². The van der Waals surface area contributed by atoms with Gasteiger partial charge in [0.1, 0.15) is 5.75 Å². The minimum absolute atomic E-state index is 0.0195. The van der Waals surface area contributed by atoms with Gasteiger partial charge in [0.15, 0.2) is 0 Å². The normalized spacial score (nSPS) is 14.7. The second-order valence-electron chi connectivity index (χ2n) is 5.50. The SMILES string of the molecule is CCOc1ccccc1C(N)CN(C)C(C)C(C)C. The minimum Gasteiger partial charge on any atom is -0.494 e. The number of benzene rings is 1. The molecule has 2 unspecified atom stereocenters. The Labute approximate surface area is 117 Å². The standard InChI is InChI=1S/C16H28N2O/c1-6-19-16-10-8-7-9-14(16)15(17)11-18(5)13(4)12(2)3/h7-10,12-13,15H,6,11,17H2,1-5H3. The van der Waals surface area contributed by atoms with Crippen molar-refractivity contribution < 1.29 is 4.74 Å². The van der Waals surface area contributed by atoms with E-state index in [0.717, 1.165) is 17.9 Å². The van der Waals surface area contributed by atoms with Crippen LogP contribution in [0.15, 0.2) is 24.3 Å². The van der Waals surface area contributed by atoms with Gasteiger partial charge in [-0.2, -0.15) is 0 Å². The Kier molecular flexibility index (Phi) is 6.32. The minimum atomic E-state index is -0.0195. The molecule has 0 spiro atoms. The van der Waals surface area contributed by atoms with E-state index in [-0.39, 0.29) is 6.04 Å². The van der Waals surface area contributed by atoms with Crippen LogP contribution in [-0.4, -0.2) is 31.1 Å². The molecule has 0 aromatic heterocycles. The van der Waals surface area contributed by atoms with Crippen LogP contribution in [0.3, 0.4) is 0 Å². The molecule has 0 aliphatic heterocycles. The van der Waals surface area contributed by atoms with Crippen LogP contribution < -0.4 is 10.5 Å². The van der Waals surface area contributed by atoms with E-state index in [2.05, 4.69) is 38.8 Å². The Balaban J connectivity index is 2.75. The number of ether oxygens (including phenoxy) is 1. The van der Waals surface area contributed by atoms with Crippen molar-refractivity contribution in [2.45, 2.75) is 39.8 Å². The third kappa shape index (κ3) is 4.51. The molecule has 1 aromatic rings. The number of rotatable bonds is 7. The molecule has 0 amide bonds. The Morgan fingerprint density at radius 1 is 1.21 bits per heavy atom. The second kappa shape index (κ2) is 7.51. The third-order valence-electron chi connectivity index (χ3n) is 3.76. The van der Waals surface area contributed by atoms with Gasteiger partial charge in [0.2, 0.25) is 0 Å². The van der Waals surface area contributed by atoms with Gasteiger partial charge in [0, 0.05) is 24.2 Å². The summed E-state index contributed by atoms with van der Waals surface area (Å²) in [5.74, 6) is 1.53. The van der Waals surface area contributed by atoms with Crippen molar-refractivity contribution in [3.63, 3.8) is 0 Å². The maximum absolute atomic E-state index is 6.34. The molecule has 3 nitrogen and oxygen atoms in total. The van der Waals surface area contributed by atoms with Crippen LogP contribution in [0.5, 0.6) is 5.75 Å². The molecule has 108 valence electrons. The Hall–Kier alpha value is -1.06. The summed E-state index contributed by atoms with van der Waals surface area (Å²) in [6.07, 6.45) is 0. The van der Waals surface area contributed by atoms with Crippen LogP contribution in [0, 0.1) is 5.92 Å². The first-order valence-electron chi connectivity index (χ1n) is 7.14. The van der Waals surface area contributed by atoms with E-state index in [1.807, 2.05) is 25.1 Å². The molecule has 1 rings (SSSR count). The van der Waals surface area contributed by atoms with E-state index in [1.165, 1.54) is 0 Å². The molecule has 2 N–H and O–H groups in total. The lowest BCUT2D eigenvalue weighted by molar-refractivity contribution is 0.196. The Morgan fingerprint density at radius 3 is 2.42 bits per heavy atom. The van der Waals surface area contributed by atoms with Crippen molar-refractivity contribution >= 4 is 0 Å². The molecular formula is C16H28N2O. The van der Waals surface area contributed by atoms with Crippen LogP contribution in [0.25, 0.3) is 0 Å². The van der Waals surface area contributed by atoms with Gasteiger partial charge in [0.05, 0.1) is 6.61 Å². The van der Waals surface area contributed by atoms with E-state index < -0.39 is 0 Å². The number of hydrogen-bond donors (Lipinski definition) is 1. The molecule has 0 heterocycles. The molecule has 0 aliphatic rings. The highest BCUT2D eigenvalue weighted by molar-refractivity contribution is 5.35. The average molecular weight is 264 g/mol. The van der Waals surface area contributed by atoms with Crippen molar-refractivity contribution in [3.05, 3.63) is 29.8 Å². The maximum atomic E-state index is 6.34. The molecule has 2 atom stereocenters. The summed E-state index contributed by atoms with van der Waals surface area (Å²) in [5, 5.41) is 0. The molecule has 1 aromatic carbocycles. The molecular weight excluding hydrogens is 236 g/mol. The Morgan fingerprint density at radius 2 is 1.84 bits per heavy atom. The largest absolute Gasteiger partial charge is 0.494 e. The van der Waals surface area contributed by atoms with Gasteiger partial charge in [-0.15, -0.1) is 0 Å². The van der Waals surface area contributed by atoms with Gasteiger partial charge in [0.25, 0.3) is 0 Å². The zero-order chi connectivity index (χ0) is 14.4. The summed E-state index contributed by atoms with van der Waals surface area (Å²) in [6.45, 7) is 10.2. The summed E-state index contributed by atoms with van der Waals surface area (Å²) < 4.78 is 5.65. The molecule has 0 fully saturated rings. The van der Waals surface area contributed by atoms with Crippen molar-refractivity contribution in [2.75, 3.05) is 20.2 Å². The fraction of sp³-hybridized carbons (Fsp3) is 0.625. The number of nitrogens with two attached hydrogens (primary N) is 1. The number of hydrogen-bond acceptors (Lipinski definition) is 3. The van der Waals surface area contributed by atoms with E-state index >= 15 is 0 Å². The molecule has 3 heteroatoms. The smallest absolute Gasteiger partial charge is 0.124 e. The molecule has 0 saturated carbocycles. The highest BCUT2D eigenvalue weighted by Crippen LogP contribution is 2.24. The maximum Gasteiger partial charge on any atom is 0.124 e. The lowest BCUT2D eigenvalue weighted by Crippen LogP contribution is -2.38. The van der Waals surface area contributed by atoms with Gasteiger partial charge in [-0.3, -0.25) is 0 Å². The van der Waals surface area contributed by atoms with Gasteiger partial charge in [-0.1, -0.05) is 32.0 Å². The monoisotopic (exact) mass is 264 g/mol. The summed E-state index contributed by atoms with van der Waals surface area (Å²) >= 11 is 0. The fourth-order valence-electron chi connectivity index (χ4n) is 2.16. The predicted octanol–water partition coefficient (Wildman–Crippen LogP) is 3.06. The average Bonchev–Trinajstić information content (AvgIpc) is 2.38. The van der Waals surface area contributed by atoms with Gasteiger partial charge in [-0.05, 0) is 32.9 Å². The lowest BCUT2D eigenvalue weighted by atomic mass is 10.0. The van der Waals surface area contributed by atoms with E-state index in [1.54, 1.807) is 0 Å². The fourth-order valence-corrected chi connectivity index (χ4v) is 2.16. The van der Waals surface area contributed by atoms with Crippen molar-refractivity contribution in [1.82, 2.24) is 4.90 Å². The highest BCUT2D eigenvalue weighted by atomic mass is 16.5. The lowest BCUT2D eigenvalue weighted by Gasteiger charge is -2.30. The Bertz CT molecular complexity index is 379. The molecule has 0 saturated heterocycles. The highest BCUT2D eigenvalue weighted by Gasteiger charge is 2.18. The predicted molar refractivity (Wildman–Crippen MR) is 81.5 cm³/mol. The van der Waals surface area contributed by atoms with Crippen LogP contribution >= 0.6 is 0 Å². The first-order valence-corrected chi connectivity index (χ1v) is 7.14. The quantitative estimate of drug-likeness (QED) is 0.822. The molecule has 0 aliphatic carbocycles. The molecule has 0 radical (unpaired) electrons. The van der Waals surface area contributed by atoms with Crippen molar-refractivity contribution in [2.24, 2.45) is 11.7 Å². The first kappa shape index (κ1) is 16.0. The number of para-hydroxylation sites is 1. The summed E-state index contributed by atoms with van der Waals surface area (Å²) in [6, 6.07) is 8.55. The van der Waals surface area contributed by atoms with E-state index in [0.29, 0.717) is 18.6 Å². The van der Waals surface area contributed by atoms with Crippen molar-refractivity contribution in [1.29, 1.82) is 0 Å². The van der Waals surface area contributed by atoms with Gasteiger partial charge < -0.3 is 15.4 Å². The molecule has 0 bridgehead atoms. The zero-order valence-corrected chi connectivity index (χ0v) is 12.9. The van der Waals surface area contributed by atoms with Crippen LogP contribution in [-0.2, 0) is 0 Å². The number of nitrogens with zero attached hydrogens (tertiary/aromatic N) is 1. The summed E-state index contributed by atoms with van der Waals surface area (Å²) in [7, 11) is 2.13. The summed E-state index contributed by atoms with van der Waals surface area (Å²) in [5.41, 5.74) is 7.43. The van der Waals surface area contributed by atoms with E-state index in [9.17, 15) is 0 Å². The van der Waals surface area contributed by atoms with Crippen LogP contribution in [0.2, 0.25) is 0 Å². The van der Waals surface area contributed by atoms with Crippen LogP contribution in [0.1, 0.15) is 39.3 Å². The third-order valence-corrected chi connectivity index (χ3v) is 3.76.